The number of carbonyl (C=O) groups excluding carboxylic acids is 1. The molecular formula is C14H9NOS. The van der Waals surface area contributed by atoms with Crippen LogP contribution in [0, 0.1) is 11.3 Å². The molecule has 0 aliphatic heterocycles. The van der Waals surface area contributed by atoms with E-state index in [4.69, 9.17) is 5.26 Å². The van der Waals surface area contributed by atoms with Crippen LogP contribution in [0.1, 0.15) is 15.9 Å². The van der Waals surface area contributed by atoms with Crippen molar-refractivity contribution >= 4 is 16.9 Å². The van der Waals surface area contributed by atoms with Gasteiger partial charge in [0.05, 0.1) is 11.6 Å². The van der Waals surface area contributed by atoms with Crippen LogP contribution in [0.2, 0.25) is 0 Å². The number of nitriles is 1. The zero-order valence-electron chi connectivity index (χ0n) is 8.96. The van der Waals surface area contributed by atoms with Crippen molar-refractivity contribution in [2.45, 2.75) is 4.90 Å². The Morgan fingerprint density at radius 2 is 1.65 bits per heavy atom. The molecule has 0 aliphatic carbocycles. The van der Waals surface area contributed by atoms with E-state index in [1.807, 2.05) is 24.3 Å². The summed E-state index contributed by atoms with van der Waals surface area (Å²) in [7, 11) is 0. The van der Waals surface area contributed by atoms with E-state index in [1.54, 1.807) is 36.4 Å². The van der Waals surface area contributed by atoms with Crippen molar-refractivity contribution in [1.82, 2.24) is 0 Å². The third-order valence-electron chi connectivity index (χ3n) is 2.20. The highest BCUT2D eigenvalue weighted by molar-refractivity contribution is 8.14. The molecule has 2 rings (SSSR count). The lowest BCUT2D eigenvalue weighted by molar-refractivity contribution is 0.108. The number of hydrogen-bond acceptors (Lipinski definition) is 3. The molecule has 2 nitrogen and oxygen atoms in total. The summed E-state index contributed by atoms with van der Waals surface area (Å²) in [6.45, 7) is 0. The minimum absolute atomic E-state index is 0.00954. The Kier molecular flexibility index (Phi) is 3.59. The quantitative estimate of drug-likeness (QED) is 0.753. The Morgan fingerprint density at radius 1 is 1.00 bits per heavy atom. The first-order valence-electron chi connectivity index (χ1n) is 5.07. The highest BCUT2D eigenvalue weighted by Crippen LogP contribution is 2.22. The first-order chi connectivity index (χ1) is 8.29. The molecule has 0 spiro atoms. The number of nitrogens with zero attached hydrogens (tertiary/aromatic N) is 1. The van der Waals surface area contributed by atoms with Gasteiger partial charge >= 0.3 is 0 Å². The smallest absolute Gasteiger partial charge is 0.224 e. The number of benzene rings is 2. The summed E-state index contributed by atoms with van der Waals surface area (Å²) in [5.74, 6) is 0. The van der Waals surface area contributed by atoms with Crippen LogP contribution in [-0.4, -0.2) is 5.12 Å². The van der Waals surface area contributed by atoms with Crippen LogP contribution in [0.3, 0.4) is 0 Å². The second kappa shape index (κ2) is 5.33. The molecule has 3 heteroatoms. The number of carbonyl (C=O) groups is 1. The van der Waals surface area contributed by atoms with Crippen molar-refractivity contribution in [2.24, 2.45) is 0 Å². The molecule has 0 atom stereocenters. The molecule has 82 valence electrons. The number of rotatable bonds is 2. The van der Waals surface area contributed by atoms with Gasteiger partial charge in [0.15, 0.2) is 0 Å². The maximum Gasteiger partial charge on any atom is 0.224 e. The van der Waals surface area contributed by atoms with Gasteiger partial charge in [-0.15, -0.1) is 0 Å². The van der Waals surface area contributed by atoms with Gasteiger partial charge in [0.2, 0.25) is 5.12 Å². The van der Waals surface area contributed by atoms with Gasteiger partial charge in [-0.3, -0.25) is 4.79 Å². The summed E-state index contributed by atoms with van der Waals surface area (Å²) in [5, 5.41) is 8.67. The average molecular weight is 239 g/mol. The molecule has 0 N–H and O–H groups in total. The van der Waals surface area contributed by atoms with Crippen molar-refractivity contribution in [3.05, 3.63) is 65.7 Å². The molecule has 2 aromatic rings. The van der Waals surface area contributed by atoms with Crippen molar-refractivity contribution in [3.63, 3.8) is 0 Å². The van der Waals surface area contributed by atoms with E-state index < -0.39 is 0 Å². The van der Waals surface area contributed by atoms with Crippen LogP contribution in [0.4, 0.5) is 0 Å². The van der Waals surface area contributed by atoms with Crippen molar-refractivity contribution in [2.75, 3.05) is 0 Å². The zero-order chi connectivity index (χ0) is 12.1. The molecule has 0 unspecified atom stereocenters. The molecule has 2 aromatic carbocycles. The standard InChI is InChI=1S/C14H9NOS/c15-10-11-6-8-13(9-7-11)17-14(16)12-4-2-1-3-5-12/h1-9H. The number of thioether (sulfide) groups is 1. The van der Waals surface area contributed by atoms with Crippen LogP contribution in [0.5, 0.6) is 0 Å². The molecular weight excluding hydrogens is 230 g/mol. The SMILES string of the molecule is N#Cc1ccc(SC(=O)c2ccccc2)cc1. The lowest BCUT2D eigenvalue weighted by atomic mass is 10.2. The highest BCUT2D eigenvalue weighted by Gasteiger charge is 2.06. The van der Waals surface area contributed by atoms with Crippen molar-refractivity contribution in [1.29, 1.82) is 5.26 Å². The lowest BCUT2D eigenvalue weighted by Crippen LogP contribution is -1.91. The Balaban J connectivity index is 2.11. The van der Waals surface area contributed by atoms with E-state index in [2.05, 4.69) is 0 Å². The summed E-state index contributed by atoms with van der Waals surface area (Å²) in [5.41, 5.74) is 1.28. The summed E-state index contributed by atoms with van der Waals surface area (Å²) in [6, 6.07) is 18.2. The van der Waals surface area contributed by atoms with Crippen LogP contribution >= 0.6 is 11.8 Å². The van der Waals surface area contributed by atoms with Crippen LogP contribution < -0.4 is 0 Å². The van der Waals surface area contributed by atoms with E-state index in [9.17, 15) is 4.79 Å². The average Bonchev–Trinajstić information content (AvgIpc) is 2.40. The molecule has 0 aliphatic rings. The first-order valence-corrected chi connectivity index (χ1v) is 5.88. The minimum Gasteiger partial charge on any atom is -0.281 e. The van der Waals surface area contributed by atoms with Gasteiger partial charge in [-0.2, -0.15) is 5.26 Å². The van der Waals surface area contributed by atoms with E-state index in [0.29, 0.717) is 11.1 Å². The fourth-order valence-corrected chi connectivity index (χ4v) is 2.08. The van der Waals surface area contributed by atoms with Gasteiger partial charge in [-0.25, -0.2) is 0 Å². The molecule has 0 radical (unpaired) electrons. The summed E-state index contributed by atoms with van der Waals surface area (Å²) in [4.78, 5) is 12.7. The van der Waals surface area contributed by atoms with Gasteiger partial charge in [-0.05, 0) is 36.0 Å². The van der Waals surface area contributed by atoms with E-state index in [0.717, 1.165) is 4.90 Å². The lowest BCUT2D eigenvalue weighted by Gasteiger charge is -2.00. The Hall–Kier alpha value is -2.05. The van der Waals surface area contributed by atoms with Crippen LogP contribution in [-0.2, 0) is 0 Å². The Bertz CT molecular complexity index is 555. The zero-order valence-corrected chi connectivity index (χ0v) is 9.78. The highest BCUT2D eigenvalue weighted by atomic mass is 32.2. The normalized spacial score (nSPS) is 9.59. The fourth-order valence-electron chi connectivity index (χ4n) is 1.34. The van der Waals surface area contributed by atoms with Crippen molar-refractivity contribution in [3.8, 4) is 6.07 Å². The number of hydrogen-bond donors (Lipinski definition) is 0. The molecule has 0 bridgehead atoms. The van der Waals surface area contributed by atoms with E-state index in [1.165, 1.54) is 11.8 Å². The molecule has 0 saturated carbocycles. The third kappa shape index (κ3) is 2.96. The molecule has 0 heterocycles. The van der Waals surface area contributed by atoms with Gasteiger partial charge in [0.1, 0.15) is 0 Å². The summed E-state index contributed by atoms with van der Waals surface area (Å²) >= 11 is 1.17. The first kappa shape index (κ1) is 11.4. The van der Waals surface area contributed by atoms with Crippen LogP contribution in [0.15, 0.2) is 59.5 Å². The summed E-state index contributed by atoms with van der Waals surface area (Å²) < 4.78 is 0. The Labute approximate surface area is 104 Å². The van der Waals surface area contributed by atoms with Crippen molar-refractivity contribution < 1.29 is 4.79 Å². The second-order valence-electron chi connectivity index (χ2n) is 3.39. The predicted molar refractivity (Wildman–Crippen MR) is 67.8 cm³/mol. The van der Waals surface area contributed by atoms with Gasteiger partial charge in [-0.1, -0.05) is 30.3 Å². The Morgan fingerprint density at radius 3 is 2.24 bits per heavy atom. The van der Waals surface area contributed by atoms with Crippen LogP contribution in [0.25, 0.3) is 0 Å². The fraction of sp³-hybridized carbons (Fsp3) is 0. The largest absolute Gasteiger partial charge is 0.281 e. The van der Waals surface area contributed by atoms with E-state index in [-0.39, 0.29) is 5.12 Å². The molecule has 0 fully saturated rings. The molecule has 0 aromatic heterocycles. The monoisotopic (exact) mass is 239 g/mol. The van der Waals surface area contributed by atoms with Gasteiger partial charge in [0, 0.05) is 10.5 Å². The topological polar surface area (TPSA) is 40.9 Å². The molecule has 0 saturated heterocycles. The second-order valence-corrected chi connectivity index (χ2v) is 4.44. The predicted octanol–water partition coefficient (Wildman–Crippen LogP) is 3.49. The minimum atomic E-state index is 0.00954. The maximum atomic E-state index is 11.9. The maximum absolute atomic E-state index is 11.9. The van der Waals surface area contributed by atoms with Gasteiger partial charge in [0.25, 0.3) is 0 Å². The third-order valence-corrected chi connectivity index (χ3v) is 3.13. The van der Waals surface area contributed by atoms with Gasteiger partial charge < -0.3 is 0 Å². The molecule has 0 amide bonds. The van der Waals surface area contributed by atoms with E-state index >= 15 is 0 Å². The summed E-state index contributed by atoms with van der Waals surface area (Å²) in [6.07, 6.45) is 0. The molecule has 17 heavy (non-hydrogen) atoms.